The third kappa shape index (κ3) is 50.0. The van der Waals surface area contributed by atoms with E-state index in [4.69, 9.17) is 18.5 Å². The summed E-state index contributed by atoms with van der Waals surface area (Å²) in [5.41, 5.74) is 0. The lowest BCUT2D eigenvalue weighted by Gasteiger charge is -2.19. The molecule has 0 aliphatic carbocycles. The van der Waals surface area contributed by atoms with Crippen LogP contribution in [0, 0.1) is 0 Å². The van der Waals surface area contributed by atoms with Gasteiger partial charge >= 0.3 is 27.6 Å². The number of hydrogen-bond donors (Lipinski definition) is 5. The highest BCUT2D eigenvalue weighted by Gasteiger charge is 2.28. The molecule has 0 heterocycles. The monoisotopic (exact) mass is 1020 g/mol. The lowest BCUT2D eigenvalue weighted by Crippen LogP contribution is -2.25. The first-order chi connectivity index (χ1) is 32.8. The summed E-state index contributed by atoms with van der Waals surface area (Å²) in [6.07, 6.45) is 40.8. The Morgan fingerprint density at radius 3 is 0.706 bits per heavy atom. The van der Waals surface area contributed by atoms with Gasteiger partial charge in [0, 0.05) is 12.8 Å². The topological polar surface area (TPSA) is 225 Å². The van der Waals surface area contributed by atoms with E-state index in [1.54, 1.807) is 0 Å². The molecule has 0 aliphatic rings. The maximum Gasteiger partial charge on any atom is 0.472 e. The molecule has 0 aromatic rings. The number of ether oxygens (including phenoxy) is 2. The fourth-order valence-electron chi connectivity index (χ4n) is 7.80. The number of rotatable bonds is 54. The van der Waals surface area contributed by atoms with E-state index in [2.05, 4.69) is 22.9 Å². The lowest BCUT2D eigenvalue weighted by atomic mass is 10.0. The van der Waals surface area contributed by atoms with Crippen molar-refractivity contribution < 1.29 is 71.4 Å². The van der Waals surface area contributed by atoms with Crippen LogP contribution in [0.15, 0.2) is 0 Å². The van der Waals surface area contributed by atoms with Gasteiger partial charge in [-0.1, -0.05) is 232 Å². The molecule has 0 rings (SSSR count). The van der Waals surface area contributed by atoms with Crippen LogP contribution >= 0.6 is 15.6 Å². The molecule has 0 aromatic heterocycles. The predicted octanol–water partition coefficient (Wildman–Crippen LogP) is 13.3. The van der Waals surface area contributed by atoms with Crippen molar-refractivity contribution in [3.8, 4) is 0 Å². The highest BCUT2D eigenvalue weighted by atomic mass is 31.2. The zero-order valence-electron chi connectivity index (χ0n) is 43.1. The first-order valence-corrected chi connectivity index (χ1v) is 30.4. The molecule has 68 heavy (non-hydrogen) atoms. The molecule has 0 aromatic carbocycles. The molecule has 0 saturated heterocycles. The quantitative estimate of drug-likeness (QED) is 0.0217. The number of aliphatic hydroxyl groups excluding tert-OH is 3. The largest absolute Gasteiger partial charge is 0.472 e. The fraction of sp³-hybridized carbons (Fsp3) is 0.961. The highest BCUT2D eigenvalue weighted by Crippen LogP contribution is 2.45. The van der Waals surface area contributed by atoms with Crippen LogP contribution in [0.5, 0.6) is 0 Å². The fourth-order valence-corrected chi connectivity index (χ4v) is 9.40. The first kappa shape index (κ1) is 67.0. The van der Waals surface area contributed by atoms with Crippen molar-refractivity contribution >= 4 is 27.6 Å². The molecule has 5 atom stereocenters. The Morgan fingerprint density at radius 1 is 0.324 bits per heavy atom. The number of carbonyl (C=O) groups excluding carboxylic acids is 2. The van der Waals surface area contributed by atoms with Crippen LogP contribution in [0.3, 0.4) is 0 Å². The van der Waals surface area contributed by atoms with Crippen molar-refractivity contribution in [1.29, 1.82) is 0 Å². The standard InChI is InChI=1S/C51H102O15P2/c1-3-5-7-9-11-13-15-17-19-21-22-24-26-28-30-32-34-36-38-40-51(56)62-42-48(53)44-64-68(59,60)66-46-49(54)45-65-67(57,58)63-43-47(52)41-61-50(55)39-37-35-33-31-29-27-25-23-20-18-16-14-12-10-8-6-4-2/h47-49,52-54H,3-46H2,1-2H3,(H,57,58)(H,59,60). The molecule has 0 amide bonds. The highest BCUT2D eigenvalue weighted by molar-refractivity contribution is 7.47. The van der Waals surface area contributed by atoms with E-state index < -0.39 is 85.5 Å². The molecule has 15 nitrogen and oxygen atoms in total. The zero-order chi connectivity index (χ0) is 50.2. The summed E-state index contributed by atoms with van der Waals surface area (Å²) >= 11 is 0. The summed E-state index contributed by atoms with van der Waals surface area (Å²) in [6, 6.07) is 0. The Bertz CT molecular complexity index is 1230. The number of aliphatic hydroxyl groups is 3. The lowest BCUT2D eigenvalue weighted by molar-refractivity contribution is -0.148. The molecule has 0 fully saturated rings. The van der Waals surface area contributed by atoms with Gasteiger partial charge in [0.05, 0.1) is 26.4 Å². The van der Waals surface area contributed by atoms with E-state index in [-0.39, 0.29) is 12.8 Å². The second-order valence-corrected chi connectivity index (χ2v) is 21.9. The minimum absolute atomic E-state index is 0.204. The number of hydrogen-bond acceptors (Lipinski definition) is 13. The van der Waals surface area contributed by atoms with Gasteiger partial charge in [-0.15, -0.1) is 0 Å². The van der Waals surface area contributed by atoms with Crippen LogP contribution in [0.2, 0.25) is 0 Å². The average Bonchev–Trinajstić information content (AvgIpc) is 3.31. The van der Waals surface area contributed by atoms with Gasteiger partial charge in [-0.05, 0) is 12.8 Å². The summed E-state index contributed by atoms with van der Waals surface area (Å²) in [5.74, 6) is -0.979. The summed E-state index contributed by atoms with van der Waals surface area (Å²) in [4.78, 5) is 43.9. The van der Waals surface area contributed by atoms with Crippen molar-refractivity contribution in [2.24, 2.45) is 0 Å². The van der Waals surface area contributed by atoms with E-state index >= 15 is 0 Å². The number of phosphoric acid groups is 2. The van der Waals surface area contributed by atoms with Crippen LogP contribution in [0.4, 0.5) is 0 Å². The molecular formula is C51H102O15P2. The van der Waals surface area contributed by atoms with Crippen LogP contribution < -0.4 is 0 Å². The van der Waals surface area contributed by atoms with Gasteiger partial charge in [-0.3, -0.25) is 27.7 Å². The Morgan fingerprint density at radius 2 is 0.500 bits per heavy atom. The van der Waals surface area contributed by atoms with E-state index in [9.17, 15) is 43.8 Å². The number of carbonyl (C=O) groups is 2. The molecule has 17 heteroatoms. The van der Waals surface area contributed by atoms with E-state index in [1.807, 2.05) is 0 Å². The van der Waals surface area contributed by atoms with Gasteiger partial charge in [0.2, 0.25) is 0 Å². The van der Waals surface area contributed by atoms with Crippen molar-refractivity contribution in [3.63, 3.8) is 0 Å². The van der Waals surface area contributed by atoms with Gasteiger partial charge < -0.3 is 34.6 Å². The SMILES string of the molecule is CCCCCCCCCCCCCCCCCCCCCC(=O)OCC(O)COP(=O)(O)OCC(O)COP(=O)(O)OCC(O)COC(=O)CCCCCCCCCCCCCCCCCCC. The third-order valence-electron chi connectivity index (χ3n) is 12.1. The van der Waals surface area contributed by atoms with Crippen LogP contribution in [0.25, 0.3) is 0 Å². The number of unbranched alkanes of at least 4 members (excludes halogenated alkanes) is 34. The van der Waals surface area contributed by atoms with Crippen molar-refractivity contribution in [2.45, 2.75) is 276 Å². The van der Waals surface area contributed by atoms with Gasteiger partial charge in [-0.25, -0.2) is 9.13 Å². The summed E-state index contributed by atoms with van der Waals surface area (Å²) in [6.45, 7) is 0.503. The minimum atomic E-state index is -4.78. The number of phosphoric ester groups is 2. The maximum atomic E-state index is 12.2. The van der Waals surface area contributed by atoms with Crippen molar-refractivity contribution in [2.75, 3.05) is 39.6 Å². The Balaban J connectivity index is 3.79. The van der Waals surface area contributed by atoms with Gasteiger partial charge in [0.25, 0.3) is 0 Å². The van der Waals surface area contributed by atoms with Gasteiger partial charge in [0.15, 0.2) is 0 Å². The van der Waals surface area contributed by atoms with Crippen LogP contribution in [0.1, 0.15) is 258 Å². The zero-order valence-corrected chi connectivity index (χ0v) is 44.8. The van der Waals surface area contributed by atoms with Crippen LogP contribution in [-0.2, 0) is 46.3 Å². The third-order valence-corrected chi connectivity index (χ3v) is 14.0. The molecule has 0 spiro atoms. The molecule has 0 radical (unpaired) electrons. The normalized spacial score (nSPS) is 14.9. The predicted molar refractivity (Wildman–Crippen MR) is 270 cm³/mol. The molecule has 5 N–H and O–H groups in total. The minimum Gasteiger partial charge on any atom is -0.463 e. The van der Waals surface area contributed by atoms with E-state index in [1.165, 1.54) is 180 Å². The van der Waals surface area contributed by atoms with E-state index in [0.717, 1.165) is 38.5 Å². The van der Waals surface area contributed by atoms with Crippen molar-refractivity contribution in [3.05, 3.63) is 0 Å². The maximum absolute atomic E-state index is 12.2. The average molecular weight is 1020 g/mol. The summed E-state index contributed by atoms with van der Waals surface area (Å²) in [5, 5.41) is 30.1. The second kappa shape index (κ2) is 48.3. The smallest absolute Gasteiger partial charge is 0.463 e. The Labute approximate surface area is 413 Å². The van der Waals surface area contributed by atoms with Crippen molar-refractivity contribution in [1.82, 2.24) is 0 Å². The van der Waals surface area contributed by atoms with Crippen LogP contribution in [-0.4, -0.2) is 95.0 Å². The molecular weight excluding hydrogens is 914 g/mol. The second-order valence-electron chi connectivity index (χ2n) is 19.0. The summed E-state index contributed by atoms with van der Waals surface area (Å²) < 4.78 is 53.2. The molecule has 0 saturated carbocycles. The Hall–Kier alpha value is -0.960. The molecule has 406 valence electrons. The molecule has 0 bridgehead atoms. The molecule has 0 aliphatic heterocycles. The van der Waals surface area contributed by atoms with Gasteiger partial charge in [0.1, 0.15) is 31.5 Å². The van der Waals surface area contributed by atoms with Gasteiger partial charge in [-0.2, -0.15) is 0 Å². The summed E-state index contributed by atoms with van der Waals surface area (Å²) in [7, 11) is -9.56. The molecule has 5 unspecified atom stereocenters. The van der Waals surface area contributed by atoms with E-state index in [0.29, 0.717) is 12.8 Å². The first-order valence-electron chi connectivity index (χ1n) is 27.4. The number of esters is 2. The Kier molecular flexibility index (Phi) is 47.6.